The van der Waals surface area contributed by atoms with Gasteiger partial charge in [-0.05, 0) is 29.2 Å². The molecule has 1 heterocycles. The van der Waals surface area contributed by atoms with Gasteiger partial charge in [0, 0.05) is 0 Å². The third-order valence-corrected chi connectivity index (χ3v) is 4.62. The summed E-state index contributed by atoms with van der Waals surface area (Å²) in [6, 6.07) is 13.8. The molecule has 1 amide bonds. The van der Waals surface area contributed by atoms with Crippen molar-refractivity contribution in [2.75, 3.05) is 0 Å². The van der Waals surface area contributed by atoms with E-state index in [1.165, 1.54) is 18.5 Å². The molecular formula is C23H22F3N3O2. The number of carbonyl (C=O) groups excluding carboxylic acids is 1. The number of ether oxygens (including phenoxy) is 1. The summed E-state index contributed by atoms with van der Waals surface area (Å²) in [6.45, 7) is 3.95. The van der Waals surface area contributed by atoms with Crippen molar-refractivity contribution in [2.24, 2.45) is 5.92 Å². The van der Waals surface area contributed by atoms with E-state index in [1.54, 1.807) is 6.07 Å². The summed E-state index contributed by atoms with van der Waals surface area (Å²) >= 11 is 0. The van der Waals surface area contributed by atoms with Gasteiger partial charge in [-0.15, -0.1) is 0 Å². The predicted octanol–water partition coefficient (Wildman–Crippen LogP) is 5.20. The van der Waals surface area contributed by atoms with E-state index in [2.05, 4.69) is 15.3 Å². The molecule has 3 rings (SSSR count). The molecule has 1 unspecified atom stereocenters. The van der Waals surface area contributed by atoms with Crippen LogP contribution in [0.1, 0.15) is 47.1 Å². The van der Waals surface area contributed by atoms with Crippen molar-refractivity contribution in [3.63, 3.8) is 0 Å². The molecule has 0 bridgehead atoms. The van der Waals surface area contributed by atoms with Crippen molar-refractivity contribution in [1.29, 1.82) is 0 Å². The molecule has 0 aliphatic heterocycles. The highest BCUT2D eigenvalue weighted by Gasteiger charge is 2.31. The van der Waals surface area contributed by atoms with Gasteiger partial charge in [0.2, 0.25) is 5.88 Å². The van der Waals surface area contributed by atoms with E-state index in [9.17, 15) is 18.0 Å². The third-order valence-electron chi connectivity index (χ3n) is 4.62. The number of nitrogens with zero attached hydrogens (tertiary/aromatic N) is 2. The Morgan fingerprint density at radius 1 is 1.03 bits per heavy atom. The van der Waals surface area contributed by atoms with E-state index in [0.29, 0.717) is 12.2 Å². The molecular weight excluding hydrogens is 407 g/mol. The van der Waals surface area contributed by atoms with Crippen LogP contribution in [-0.4, -0.2) is 15.9 Å². The van der Waals surface area contributed by atoms with E-state index < -0.39 is 23.7 Å². The standard InChI is InChI=1S/C23H22F3N3O2/c1-15(2)21(17-9-6-10-18(11-17)23(24,25)26)29-22(30)19-12-28-20(13-27-19)31-14-16-7-4-3-5-8-16/h3-13,15,21H,14H2,1-2H3,(H,29,30). The Hall–Kier alpha value is -3.42. The summed E-state index contributed by atoms with van der Waals surface area (Å²) in [5.41, 5.74) is 0.621. The monoisotopic (exact) mass is 429 g/mol. The second-order valence-electron chi connectivity index (χ2n) is 7.33. The van der Waals surface area contributed by atoms with Crippen molar-refractivity contribution in [1.82, 2.24) is 15.3 Å². The second kappa shape index (κ2) is 9.59. The van der Waals surface area contributed by atoms with Crippen LogP contribution in [0.15, 0.2) is 67.0 Å². The first kappa shape index (κ1) is 22.3. The number of aromatic nitrogens is 2. The highest BCUT2D eigenvalue weighted by Crippen LogP contribution is 2.32. The number of alkyl halides is 3. The zero-order valence-electron chi connectivity index (χ0n) is 17.1. The largest absolute Gasteiger partial charge is 0.472 e. The van der Waals surface area contributed by atoms with Crippen LogP contribution in [0.25, 0.3) is 0 Å². The number of halogens is 3. The molecule has 1 atom stereocenters. The first-order valence-corrected chi connectivity index (χ1v) is 9.71. The molecule has 0 saturated heterocycles. The molecule has 1 N–H and O–H groups in total. The van der Waals surface area contributed by atoms with Crippen molar-refractivity contribution in [2.45, 2.75) is 32.7 Å². The van der Waals surface area contributed by atoms with Gasteiger partial charge in [-0.25, -0.2) is 9.97 Å². The Kier molecular flexibility index (Phi) is 6.89. The normalized spacial score (nSPS) is 12.5. The topological polar surface area (TPSA) is 64.1 Å². The Morgan fingerprint density at radius 2 is 1.77 bits per heavy atom. The number of amides is 1. The summed E-state index contributed by atoms with van der Waals surface area (Å²) in [6.07, 6.45) is -1.84. The van der Waals surface area contributed by atoms with Crippen LogP contribution in [0, 0.1) is 5.92 Å². The fraction of sp³-hybridized carbons (Fsp3) is 0.261. The molecule has 0 radical (unpaired) electrons. The van der Waals surface area contributed by atoms with Crippen LogP contribution in [0.3, 0.4) is 0 Å². The van der Waals surface area contributed by atoms with Crippen molar-refractivity contribution < 1.29 is 22.7 Å². The van der Waals surface area contributed by atoms with Crippen molar-refractivity contribution in [3.8, 4) is 5.88 Å². The van der Waals surface area contributed by atoms with Crippen LogP contribution in [0.2, 0.25) is 0 Å². The maximum Gasteiger partial charge on any atom is 0.416 e. The fourth-order valence-electron chi connectivity index (χ4n) is 3.00. The lowest BCUT2D eigenvalue weighted by Crippen LogP contribution is -2.32. The number of hydrogen-bond acceptors (Lipinski definition) is 4. The molecule has 0 aliphatic rings. The third kappa shape index (κ3) is 6.04. The quantitative estimate of drug-likeness (QED) is 0.561. The summed E-state index contributed by atoms with van der Waals surface area (Å²) in [4.78, 5) is 20.8. The summed E-state index contributed by atoms with van der Waals surface area (Å²) < 4.78 is 44.7. The molecule has 0 fully saturated rings. The first-order chi connectivity index (χ1) is 14.7. The van der Waals surface area contributed by atoms with E-state index in [4.69, 9.17) is 4.74 Å². The van der Waals surface area contributed by atoms with Gasteiger partial charge >= 0.3 is 6.18 Å². The minimum atomic E-state index is -4.46. The Bertz CT molecular complexity index is 1010. The van der Waals surface area contributed by atoms with Gasteiger partial charge in [0.05, 0.1) is 24.0 Å². The van der Waals surface area contributed by atoms with Gasteiger partial charge in [0.15, 0.2) is 0 Å². The molecule has 0 saturated carbocycles. The summed E-state index contributed by atoms with van der Waals surface area (Å²) in [5.74, 6) is -0.411. The second-order valence-corrected chi connectivity index (χ2v) is 7.33. The van der Waals surface area contributed by atoms with Crippen molar-refractivity contribution in [3.05, 3.63) is 89.4 Å². The molecule has 2 aromatic carbocycles. The van der Waals surface area contributed by atoms with Gasteiger partial charge in [0.1, 0.15) is 12.3 Å². The molecule has 8 heteroatoms. The average molecular weight is 429 g/mol. The van der Waals surface area contributed by atoms with Crippen LogP contribution in [0.4, 0.5) is 13.2 Å². The summed E-state index contributed by atoms with van der Waals surface area (Å²) in [5, 5.41) is 2.76. The van der Waals surface area contributed by atoms with Gasteiger partial charge in [-0.2, -0.15) is 13.2 Å². The van der Waals surface area contributed by atoms with Gasteiger partial charge in [0.25, 0.3) is 5.91 Å². The molecule has 31 heavy (non-hydrogen) atoms. The van der Waals surface area contributed by atoms with Gasteiger partial charge in [-0.3, -0.25) is 4.79 Å². The SMILES string of the molecule is CC(C)C(NC(=O)c1cnc(OCc2ccccc2)cn1)c1cccc(C(F)(F)F)c1. The minimum absolute atomic E-state index is 0.0460. The number of benzene rings is 2. The lowest BCUT2D eigenvalue weighted by molar-refractivity contribution is -0.137. The first-order valence-electron chi connectivity index (χ1n) is 9.71. The zero-order valence-corrected chi connectivity index (χ0v) is 17.1. The maximum atomic E-state index is 13.1. The lowest BCUT2D eigenvalue weighted by atomic mass is 9.94. The molecule has 3 aromatic rings. The van der Waals surface area contributed by atoms with Gasteiger partial charge in [-0.1, -0.05) is 56.3 Å². The van der Waals surface area contributed by atoms with E-state index >= 15 is 0 Å². The molecule has 162 valence electrons. The molecule has 5 nitrogen and oxygen atoms in total. The Labute approximate surface area is 178 Å². The molecule has 0 spiro atoms. The van der Waals surface area contributed by atoms with E-state index in [1.807, 2.05) is 44.2 Å². The van der Waals surface area contributed by atoms with Crippen LogP contribution in [0.5, 0.6) is 5.88 Å². The zero-order chi connectivity index (χ0) is 22.4. The van der Waals surface area contributed by atoms with Crippen LogP contribution in [-0.2, 0) is 12.8 Å². The minimum Gasteiger partial charge on any atom is -0.472 e. The number of carbonyl (C=O) groups is 1. The molecule has 0 aliphatic carbocycles. The van der Waals surface area contributed by atoms with Crippen LogP contribution < -0.4 is 10.1 Å². The van der Waals surface area contributed by atoms with E-state index in [0.717, 1.165) is 17.7 Å². The maximum absolute atomic E-state index is 13.1. The van der Waals surface area contributed by atoms with Gasteiger partial charge < -0.3 is 10.1 Å². The van der Waals surface area contributed by atoms with E-state index in [-0.39, 0.29) is 17.5 Å². The van der Waals surface area contributed by atoms with Crippen molar-refractivity contribution >= 4 is 5.91 Å². The smallest absolute Gasteiger partial charge is 0.416 e. The number of nitrogens with one attached hydrogen (secondary N) is 1. The number of hydrogen-bond donors (Lipinski definition) is 1. The average Bonchev–Trinajstić information content (AvgIpc) is 2.76. The Morgan fingerprint density at radius 3 is 2.39 bits per heavy atom. The highest BCUT2D eigenvalue weighted by atomic mass is 19.4. The Balaban J connectivity index is 1.68. The van der Waals surface area contributed by atoms with Crippen LogP contribution >= 0.6 is 0 Å². The fourth-order valence-corrected chi connectivity index (χ4v) is 3.00. The number of rotatable bonds is 7. The lowest BCUT2D eigenvalue weighted by Gasteiger charge is -2.23. The highest BCUT2D eigenvalue weighted by molar-refractivity contribution is 5.92. The predicted molar refractivity (Wildman–Crippen MR) is 109 cm³/mol. The summed E-state index contributed by atoms with van der Waals surface area (Å²) in [7, 11) is 0. The molecule has 1 aromatic heterocycles.